The highest BCUT2D eigenvalue weighted by Crippen LogP contribution is 2.39. The van der Waals surface area contributed by atoms with Gasteiger partial charge in [-0.2, -0.15) is 4.99 Å². The highest BCUT2D eigenvalue weighted by molar-refractivity contribution is 6.49. The molecular weight excluding hydrogens is 301 g/mol. The summed E-state index contributed by atoms with van der Waals surface area (Å²) in [6.45, 7) is -0.502. The van der Waals surface area contributed by atoms with Gasteiger partial charge in [0, 0.05) is 0 Å². The molecule has 19 heavy (non-hydrogen) atoms. The Morgan fingerprint density at radius 3 is 2.63 bits per heavy atom. The van der Waals surface area contributed by atoms with Crippen LogP contribution < -0.4 is 11.1 Å². The second-order valence-electron chi connectivity index (χ2n) is 3.61. The molecule has 0 amide bonds. The van der Waals surface area contributed by atoms with Crippen molar-refractivity contribution in [3.05, 3.63) is 0 Å². The Balaban J connectivity index is 2.84. The molecule has 1 fully saturated rings. The Morgan fingerprint density at radius 2 is 2.21 bits per heavy atom. The molecule has 0 aliphatic carbocycles. The molecule has 1 heterocycles. The van der Waals surface area contributed by atoms with Gasteiger partial charge in [-0.25, -0.2) is 0 Å². The van der Waals surface area contributed by atoms with Crippen LogP contribution in [0.3, 0.4) is 0 Å². The first kappa shape index (κ1) is 15.9. The van der Waals surface area contributed by atoms with Crippen molar-refractivity contribution in [1.82, 2.24) is 5.32 Å². The Kier molecular flexibility index (Phi) is 5.32. The van der Waals surface area contributed by atoms with Crippen LogP contribution in [0.15, 0.2) is 10.1 Å². The third-order valence-corrected chi connectivity index (χ3v) is 3.17. The quantitative estimate of drug-likeness (QED) is 0.123. The molecule has 0 bridgehead atoms. The summed E-state index contributed by atoms with van der Waals surface area (Å²) in [5, 5.41) is 39.4. The Bertz CT molecular complexity index is 403. The third kappa shape index (κ3) is 3.45. The van der Waals surface area contributed by atoms with Gasteiger partial charge in [-0.15, -0.1) is 0 Å². The van der Waals surface area contributed by atoms with Gasteiger partial charge < -0.3 is 36.6 Å². The maximum Gasteiger partial charge on any atom is 0.263 e. The summed E-state index contributed by atoms with van der Waals surface area (Å²) in [4.78, 5) is 3.52. The molecule has 1 rings (SSSR count). The molecule has 9 nitrogen and oxygen atoms in total. The van der Waals surface area contributed by atoms with E-state index < -0.39 is 35.3 Å². The van der Waals surface area contributed by atoms with Gasteiger partial charge in [0.2, 0.25) is 0 Å². The molecule has 0 aromatic carbocycles. The lowest BCUT2D eigenvalue weighted by atomic mass is 10.2. The van der Waals surface area contributed by atoms with Crippen LogP contribution in [0.5, 0.6) is 0 Å². The number of nitrogens with one attached hydrogen (secondary N) is 2. The van der Waals surface area contributed by atoms with E-state index in [4.69, 9.17) is 49.4 Å². The van der Waals surface area contributed by atoms with Crippen LogP contribution in [0, 0.1) is 5.41 Å². The number of aliphatic hydroxyl groups is 2. The van der Waals surface area contributed by atoms with Crippen LogP contribution in [0.4, 0.5) is 0 Å². The number of aliphatic imine (C=N–C) groups is 1. The van der Waals surface area contributed by atoms with Crippen LogP contribution in [-0.2, 0) is 4.74 Å². The van der Waals surface area contributed by atoms with Crippen molar-refractivity contribution in [2.75, 3.05) is 6.61 Å². The summed E-state index contributed by atoms with van der Waals surface area (Å²) in [5.74, 6) is -0.658. The van der Waals surface area contributed by atoms with E-state index in [0.717, 1.165) is 6.21 Å². The van der Waals surface area contributed by atoms with Crippen LogP contribution in [-0.4, -0.2) is 62.8 Å². The molecule has 11 heteroatoms. The third-order valence-electron chi connectivity index (χ3n) is 2.32. The number of halogens is 2. The van der Waals surface area contributed by atoms with Crippen LogP contribution in [0.25, 0.3) is 0 Å². The van der Waals surface area contributed by atoms with Crippen molar-refractivity contribution >= 4 is 41.2 Å². The van der Waals surface area contributed by atoms with Crippen molar-refractivity contribution in [3.63, 3.8) is 0 Å². The number of hydrogen-bond acceptors (Lipinski definition) is 6. The van der Waals surface area contributed by atoms with E-state index in [2.05, 4.69) is 15.5 Å². The monoisotopic (exact) mass is 313 g/mol. The molecule has 0 saturated carbocycles. The molecule has 108 valence electrons. The average molecular weight is 314 g/mol. The summed E-state index contributed by atoms with van der Waals surface area (Å²) in [6, 6.07) is 0. The largest absolute Gasteiger partial charge is 0.408 e. The van der Waals surface area contributed by atoms with Gasteiger partial charge in [-0.05, 0) is 5.16 Å². The van der Waals surface area contributed by atoms with E-state index in [9.17, 15) is 5.11 Å². The summed E-state index contributed by atoms with van der Waals surface area (Å²) in [5.41, 5.74) is 5.25. The molecule has 0 aromatic heterocycles. The van der Waals surface area contributed by atoms with Gasteiger partial charge in [0.05, 0.1) is 12.8 Å². The fourth-order valence-corrected chi connectivity index (χ4v) is 1.86. The number of oxime groups is 1. The van der Waals surface area contributed by atoms with Gasteiger partial charge >= 0.3 is 0 Å². The average Bonchev–Trinajstić information content (AvgIpc) is 2.60. The molecule has 1 aliphatic rings. The minimum atomic E-state index is -1.79. The Labute approximate surface area is 118 Å². The zero-order valence-corrected chi connectivity index (χ0v) is 11.0. The lowest BCUT2D eigenvalue weighted by molar-refractivity contribution is -0.0257. The Hall–Kier alpha value is -1.13. The molecule has 1 aliphatic heterocycles. The lowest BCUT2D eigenvalue weighted by Gasteiger charge is -2.23. The minimum Gasteiger partial charge on any atom is -0.408 e. The van der Waals surface area contributed by atoms with Crippen molar-refractivity contribution in [3.8, 4) is 0 Å². The number of nitrogens with two attached hydrogens (primary N) is 1. The lowest BCUT2D eigenvalue weighted by Crippen LogP contribution is -2.47. The number of aliphatic hydroxyl groups excluding tert-OH is 2. The Morgan fingerprint density at radius 1 is 1.58 bits per heavy atom. The van der Waals surface area contributed by atoms with E-state index in [1.165, 1.54) is 0 Å². The summed E-state index contributed by atoms with van der Waals surface area (Å²) >= 11 is 11.8. The van der Waals surface area contributed by atoms with Gasteiger partial charge in [-0.1, -0.05) is 23.2 Å². The maximum absolute atomic E-state index is 9.71. The number of rotatable bonds is 3. The standard InChI is InChI=1S/C8H13Cl2N5O4/c9-8(10)5(17)3(2-16)19-6(8)14-7(15-18)13-4(12)1-11/h1,3,5-6,11,16-18H,2H2,(H3,12,13,14,15)/t3-,5-,6-/m1/s1. The molecule has 1 saturated heterocycles. The van der Waals surface area contributed by atoms with Gasteiger partial charge in [0.15, 0.2) is 10.6 Å². The zero-order valence-electron chi connectivity index (χ0n) is 9.49. The highest BCUT2D eigenvalue weighted by atomic mass is 35.5. The smallest absolute Gasteiger partial charge is 0.263 e. The number of alkyl halides is 2. The van der Waals surface area contributed by atoms with Crippen LogP contribution >= 0.6 is 23.2 Å². The molecule has 0 radical (unpaired) electrons. The summed E-state index contributed by atoms with van der Waals surface area (Å²) in [7, 11) is 0. The van der Waals surface area contributed by atoms with Gasteiger partial charge in [0.25, 0.3) is 5.96 Å². The normalized spacial score (nSPS) is 31.3. The number of ether oxygens (including phenoxy) is 1. The van der Waals surface area contributed by atoms with Crippen molar-refractivity contribution in [2.45, 2.75) is 22.8 Å². The molecule has 0 unspecified atom stereocenters. The van der Waals surface area contributed by atoms with E-state index >= 15 is 0 Å². The highest BCUT2D eigenvalue weighted by Gasteiger charge is 2.54. The topological polar surface area (TPSA) is 157 Å². The number of hydrogen-bond donors (Lipinski definition) is 6. The van der Waals surface area contributed by atoms with Crippen molar-refractivity contribution in [2.24, 2.45) is 15.9 Å². The van der Waals surface area contributed by atoms with Crippen LogP contribution in [0.1, 0.15) is 0 Å². The fraction of sp³-hybridized carbons (Fsp3) is 0.625. The first-order valence-electron chi connectivity index (χ1n) is 5.02. The van der Waals surface area contributed by atoms with Crippen molar-refractivity contribution < 1.29 is 20.2 Å². The first-order chi connectivity index (χ1) is 8.86. The second kappa shape index (κ2) is 6.35. The first-order valence-corrected chi connectivity index (χ1v) is 5.77. The summed E-state index contributed by atoms with van der Waals surface area (Å²) < 4.78 is 3.36. The predicted molar refractivity (Wildman–Crippen MR) is 69.0 cm³/mol. The number of guanidine groups is 1. The zero-order chi connectivity index (χ0) is 14.6. The molecule has 0 spiro atoms. The molecule has 3 atom stereocenters. The summed E-state index contributed by atoms with van der Waals surface area (Å²) in [6.07, 6.45) is -2.84. The molecular formula is C8H13Cl2N5O4. The van der Waals surface area contributed by atoms with E-state index in [-0.39, 0.29) is 5.84 Å². The van der Waals surface area contributed by atoms with E-state index in [1.54, 1.807) is 0 Å². The maximum atomic E-state index is 9.71. The van der Waals surface area contributed by atoms with Crippen LogP contribution in [0.2, 0.25) is 0 Å². The van der Waals surface area contributed by atoms with E-state index in [1.807, 2.05) is 0 Å². The van der Waals surface area contributed by atoms with Crippen molar-refractivity contribution in [1.29, 1.82) is 5.41 Å². The minimum absolute atomic E-state index is 0.243. The number of nitrogens with zero attached hydrogens (tertiary/aromatic N) is 2. The fourth-order valence-electron chi connectivity index (χ4n) is 1.37. The second-order valence-corrected chi connectivity index (χ2v) is 5.05. The predicted octanol–water partition coefficient (Wildman–Crippen LogP) is -1.42. The van der Waals surface area contributed by atoms with Gasteiger partial charge in [-0.3, -0.25) is 0 Å². The molecule has 7 N–H and O–H groups in total. The van der Waals surface area contributed by atoms with E-state index in [0.29, 0.717) is 0 Å². The van der Waals surface area contributed by atoms with Gasteiger partial charge in [0.1, 0.15) is 18.0 Å². The SMILES string of the molecule is N=C/C(N)=N\C(=N/O)N[C@@H]1O[C@H](CO)[C@@H](O)C1(Cl)Cl. The number of amidine groups is 1. The molecule has 0 aromatic rings.